The third kappa shape index (κ3) is 7.91. The molecule has 1 aromatic rings. The molecule has 11 nitrogen and oxygen atoms in total. The lowest BCUT2D eigenvalue weighted by Gasteiger charge is -2.43. The van der Waals surface area contributed by atoms with Crippen LogP contribution in [0, 0.1) is 22.7 Å². The zero-order valence-electron chi connectivity index (χ0n) is 18.0. The van der Waals surface area contributed by atoms with Gasteiger partial charge in [-0.15, -0.1) is 0 Å². The first-order valence-corrected chi connectivity index (χ1v) is 10.5. The van der Waals surface area contributed by atoms with Crippen molar-refractivity contribution in [3.05, 3.63) is 36.0 Å². The number of carbonyl (C=O) groups is 3. The van der Waals surface area contributed by atoms with Gasteiger partial charge in [0.1, 0.15) is 11.9 Å². The minimum atomic E-state index is -1.26. The molecule has 1 amide bonds. The summed E-state index contributed by atoms with van der Waals surface area (Å²) >= 11 is 0. The van der Waals surface area contributed by atoms with Crippen LogP contribution in [0.5, 0.6) is 0 Å². The molecule has 0 bridgehead atoms. The smallest absolute Gasteiger partial charge is 0.328 e. The van der Waals surface area contributed by atoms with E-state index >= 15 is 0 Å². The summed E-state index contributed by atoms with van der Waals surface area (Å²) in [6.45, 7) is 2.19. The second-order valence-electron chi connectivity index (χ2n) is 7.81. The lowest BCUT2D eigenvalue weighted by Crippen LogP contribution is -2.61. The summed E-state index contributed by atoms with van der Waals surface area (Å²) < 4.78 is 0. The topological polar surface area (TPSA) is 179 Å². The molecule has 11 heteroatoms. The molecule has 1 aliphatic heterocycles. The Morgan fingerprint density at radius 2 is 1.76 bits per heavy atom. The number of carboxylic acid groups (broad SMARTS) is 2. The number of pyridine rings is 1. The molecular weight excluding hydrogens is 428 g/mol. The minimum absolute atomic E-state index is 0.196. The monoisotopic (exact) mass is 454 g/mol. The normalized spacial score (nSPS) is 17.4. The van der Waals surface area contributed by atoms with Crippen LogP contribution in [0.4, 0.5) is 5.82 Å². The number of nitrogens with zero attached hydrogens (tertiary/aromatic N) is 4. The first kappa shape index (κ1) is 25.3. The molecule has 2 heterocycles. The van der Waals surface area contributed by atoms with Gasteiger partial charge in [0.2, 0.25) is 0 Å². The van der Waals surface area contributed by atoms with Crippen LogP contribution in [0.2, 0.25) is 0 Å². The van der Waals surface area contributed by atoms with Crippen molar-refractivity contribution in [3.8, 4) is 12.1 Å². The van der Waals surface area contributed by atoms with E-state index in [1.807, 2.05) is 11.0 Å². The van der Waals surface area contributed by atoms with Crippen LogP contribution >= 0.6 is 0 Å². The van der Waals surface area contributed by atoms with Crippen molar-refractivity contribution in [3.63, 3.8) is 0 Å². The van der Waals surface area contributed by atoms with Crippen LogP contribution in [0.15, 0.2) is 30.5 Å². The number of anilines is 1. The molecule has 174 valence electrons. The average molecular weight is 454 g/mol. The van der Waals surface area contributed by atoms with Gasteiger partial charge >= 0.3 is 11.9 Å². The minimum Gasteiger partial charge on any atom is -0.478 e. The number of carbonyl (C=O) groups excluding carboxylic acids is 1. The number of amides is 1. The highest BCUT2D eigenvalue weighted by molar-refractivity contribution is 5.89. The third-order valence-electron chi connectivity index (χ3n) is 5.44. The van der Waals surface area contributed by atoms with Crippen molar-refractivity contribution in [1.82, 2.24) is 15.2 Å². The average Bonchev–Trinajstić information content (AvgIpc) is 3.30. The summed E-state index contributed by atoms with van der Waals surface area (Å²) in [5, 5.41) is 40.2. The van der Waals surface area contributed by atoms with Gasteiger partial charge in [-0.3, -0.25) is 9.69 Å². The van der Waals surface area contributed by atoms with Crippen molar-refractivity contribution in [2.24, 2.45) is 0 Å². The maximum atomic E-state index is 12.6. The number of aromatic nitrogens is 1. The zero-order valence-corrected chi connectivity index (χ0v) is 18.0. The van der Waals surface area contributed by atoms with E-state index in [0.29, 0.717) is 30.1 Å². The van der Waals surface area contributed by atoms with E-state index < -0.39 is 18.0 Å². The molecule has 0 radical (unpaired) electrons. The SMILES string of the molecule is N#Cc1ccc(NCC2(NC(=O)[C@H](C#N)N3CCCC3)CCC2)nc1.O=C(O)C=CC(=O)O. The van der Waals surface area contributed by atoms with Crippen LogP contribution in [-0.4, -0.2) is 69.2 Å². The van der Waals surface area contributed by atoms with E-state index in [2.05, 4.69) is 21.7 Å². The molecule has 1 saturated carbocycles. The van der Waals surface area contributed by atoms with Gasteiger partial charge in [0.25, 0.3) is 5.91 Å². The molecule has 3 rings (SSSR count). The number of aliphatic carboxylic acids is 2. The molecule has 33 heavy (non-hydrogen) atoms. The number of hydrogen-bond acceptors (Lipinski definition) is 8. The fraction of sp³-hybridized carbons (Fsp3) is 0.455. The molecular formula is C22H26N6O5. The molecule has 0 spiro atoms. The van der Waals surface area contributed by atoms with Crippen LogP contribution in [-0.2, 0) is 14.4 Å². The summed E-state index contributed by atoms with van der Waals surface area (Å²) in [5.74, 6) is -2.03. The van der Waals surface area contributed by atoms with E-state index in [0.717, 1.165) is 45.2 Å². The van der Waals surface area contributed by atoms with Gasteiger partial charge in [0.05, 0.1) is 17.2 Å². The fourth-order valence-electron chi connectivity index (χ4n) is 3.55. The number of nitrogens with one attached hydrogen (secondary N) is 2. The van der Waals surface area contributed by atoms with Crippen LogP contribution in [0.3, 0.4) is 0 Å². The summed E-state index contributed by atoms with van der Waals surface area (Å²) in [6, 6.07) is 6.96. The lowest BCUT2D eigenvalue weighted by atomic mass is 9.76. The Balaban J connectivity index is 0.000000414. The summed E-state index contributed by atoms with van der Waals surface area (Å²) in [6.07, 6.45) is 7.56. The van der Waals surface area contributed by atoms with E-state index in [4.69, 9.17) is 15.5 Å². The lowest BCUT2D eigenvalue weighted by molar-refractivity contribution is -0.134. The van der Waals surface area contributed by atoms with Crippen molar-refractivity contribution in [1.29, 1.82) is 10.5 Å². The maximum Gasteiger partial charge on any atom is 0.328 e. The summed E-state index contributed by atoms with van der Waals surface area (Å²) in [7, 11) is 0. The Morgan fingerprint density at radius 3 is 2.18 bits per heavy atom. The van der Waals surface area contributed by atoms with Crippen molar-refractivity contribution < 1.29 is 24.6 Å². The predicted octanol–water partition coefficient (Wildman–Crippen LogP) is 1.10. The second kappa shape index (κ2) is 12.2. The van der Waals surface area contributed by atoms with E-state index in [9.17, 15) is 19.6 Å². The van der Waals surface area contributed by atoms with E-state index in [1.54, 1.807) is 12.1 Å². The molecule has 1 aliphatic carbocycles. The number of nitriles is 2. The van der Waals surface area contributed by atoms with E-state index in [1.165, 1.54) is 6.20 Å². The first-order valence-electron chi connectivity index (χ1n) is 10.5. The molecule has 1 saturated heterocycles. The fourth-order valence-corrected chi connectivity index (χ4v) is 3.55. The van der Waals surface area contributed by atoms with Gasteiger partial charge in [-0.25, -0.2) is 14.6 Å². The Hall–Kier alpha value is -3.96. The Bertz CT molecular complexity index is 937. The molecule has 0 unspecified atom stereocenters. The van der Waals surface area contributed by atoms with Crippen LogP contribution in [0.25, 0.3) is 0 Å². The summed E-state index contributed by atoms with van der Waals surface area (Å²) in [5.41, 5.74) is 0.196. The highest BCUT2D eigenvalue weighted by Gasteiger charge is 2.41. The molecule has 1 atom stereocenters. The number of rotatable bonds is 8. The highest BCUT2D eigenvalue weighted by Crippen LogP contribution is 2.32. The number of likely N-dealkylation sites (tertiary alicyclic amines) is 1. The van der Waals surface area contributed by atoms with Crippen molar-refractivity contribution in [2.75, 3.05) is 25.0 Å². The third-order valence-corrected chi connectivity index (χ3v) is 5.44. The van der Waals surface area contributed by atoms with Gasteiger partial charge in [-0.2, -0.15) is 10.5 Å². The second-order valence-corrected chi connectivity index (χ2v) is 7.81. The van der Waals surface area contributed by atoms with Gasteiger partial charge in [0, 0.05) is 24.9 Å². The Labute approximate surface area is 191 Å². The Morgan fingerprint density at radius 1 is 1.12 bits per heavy atom. The molecule has 2 aliphatic rings. The molecule has 4 N–H and O–H groups in total. The van der Waals surface area contributed by atoms with Crippen molar-refractivity contribution in [2.45, 2.75) is 43.7 Å². The van der Waals surface area contributed by atoms with Gasteiger partial charge in [-0.05, 0) is 57.3 Å². The first-order chi connectivity index (χ1) is 15.8. The summed E-state index contributed by atoms with van der Waals surface area (Å²) in [4.78, 5) is 37.9. The maximum absolute atomic E-state index is 12.6. The number of hydrogen-bond donors (Lipinski definition) is 4. The van der Waals surface area contributed by atoms with E-state index in [-0.39, 0.29) is 11.4 Å². The highest BCUT2D eigenvalue weighted by atomic mass is 16.4. The largest absolute Gasteiger partial charge is 0.478 e. The van der Waals surface area contributed by atoms with Gasteiger partial charge in [-0.1, -0.05) is 0 Å². The number of carboxylic acids is 2. The predicted molar refractivity (Wildman–Crippen MR) is 117 cm³/mol. The van der Waals surface area contributed by atoms with Crippen LogP contribution < -0.4 is 10.6 Å². The Kier molecular flexibility index (Phi) is 9.33. The van der Waals surface area contributed by atoms with Crippen molar-refractivity contribution >= 4 is 23.7 Å². The molecule has 0 aromatic carbocycles. The van der Waals surface area contributed by atoms with Gasteiger partial charge in [0.15, 0.2) is 6.04 Å². The molecule has 1 aromatic heterocycles. The molecule has 2 fully saturated rings. The quantitative estimate of drug-likeness (QED) is 0.415. The van der Waals surface area contributed by atoms with Gasteiger partial charge < -0.3 is 20.8 Å². The standard InChI is InChI=1S/C18H22N6O.C4H4O4/c19-10-14-4-5-16(21-12-14)22-13-18(6-3-7-18)23-17(25)15(11-20)24-8-1-2-9-24;5-3(6)1-2-4(7)8/h4-5,12,15H,1-3,6-9,13H2,(H,21,22)(H,23,25);1-2H,(H,5,6)(H,7,8)/t15-;/m0./s1. The van der Waals surface area contributed by atoms with Crippen LogP contribution in [0.1, 0.15) is 37.7 Å². The zero-order chi connectivity index (χ0) is 24.3.